The van der Waals surface area contributed by atoms with Crippen LogP contribution in [0.15, 0.2) is 46.9 Å². The summed E-state index contributed by atoms with van der Waals surface area (Å²) in [6, 6.07) is 14.8. The lowest BCUT2D eigenvalue weighted by molar-refractivity contribution is 0.205. The molecule has 31 heavy (non-hydrogen) atoms. The summed E-state index contributed by atoms with van der Waals surface area (Å²) in [6.07, 6.45) is 6.73. The molecule has 4 nitrogen and oxygen atoms in total. The Morgan fingerprint density at radius 2 is 2.00 bits per heavy atom. The first kappa shape index (κ1) is 21.2. The van der Waals surface area contributed by atoms with Gasteiger partial charge in [-0.2, -0.15) is 0 Å². The fourth-order valence-corrected chi connectivity index (χ4v) is 6.12. The smallest absolute Gasteiger partial charge is 0.162 e. The lowest BCUT2D eigenvalue weighted by Gasteiger charge is -2.31. The quantitative estimate of drug-likeness (QED) is 0.427. The highest BCUT2D eigenvalue weighted by atomic mass is 79.9. The molecule has 1 aliphatic heterocycles. The van der Waals surface area contributed by atoms with Gasteiger partial charge in [-0.25, -0.2) is 9.97 Å². The fourth-order valence-electron chi connectivity index (χ4n) is 5.55. The second-order valence-corrected chi connectivity index (χ2v) is 10.4. The van der Waals surface area contributed by atoms with E-state index in [4.69, 9.17) is 21.6 Å². The Hall–Kier alpha value is -1.69. The molecule has 0 amide bonds. The van der Waals surface area contributed by atoms with E-state index >= 15 is 0 Å². The average Bonchev–Trinajstić information content (AvgIpc) is 3.09. The summed E-state index contributed by atoms with van der Waals surface area (Å²) in [5, 5.41) is 5.35. The summed E-state index contributed by atoms with van der Waals surface area (Å²) in [5.74, 6) is 3.24. The number of likely N-dealkylation sites (tertiary alicyclic amines) is 1. The minimum atomic E-state index is 0.690. The van der Waals surface area contributed by atoms with Crippen LogP contribution in [0.2, 0.25) is 5.02 Å². The third-order valence-electron chi connectivity index (χ3n) is 7.03. The van der Waals surface area contributed by atoms with E-state index in [0.29, 0.717) is 10.8 Å². The molecule has 5 rings (SSSR count). The maximum absolute atomic E-state index is 6.27. The van der Waals surface area contributed by atoms with E-state index in [0.717, 1.165) is 51.2 Å². The van der Waals surface area contributed by atoms with Crippen LogP contribution in [0.25, 0.3) is 22.3 Å². The van der Waals surface area contributed by atoms with Gasteiger partial charge in [-0.1, -0.05) is 52.5 Å². The number of anilines is 1. The highest BCUT2D eigenvalue weighted by Gasteiger charge is 2.40. The van der Waals surface area contributed by atoms with Gasteiger partial charge in [0.25, 0.3) is 0 Å². The summed E-state index contributed by atoms with van der Waals surface area (Å²) < 4.78 is 1.02. The molecule has 1 saturated heterocycles. The highest BCUT2D eigenvalue weighted by Crippen LogP contribution is 2.40. The lowest BCUT2D eigenvalue weighted by Crippen LogP contribution is -2.32. The molecular weight excluding hydrogens is 472 g/mol. The summed E-state index contributed by atoms with van der Waals surface area (Å²) >= 11 is 9.83. The molecule has 0 radical (unpaired) electrons. The Labute approximate surface area is 197 Å². The molecule has 0 bridgehead atoms. The largest absolute Gasteiger partial charge is 0.369 e. The Bertz CT molecular complexity index is 1090. The number of aromatic nitrogens is 2. The maximum Gasteiger partial charge on any atom is 0.162 e. The van der Waals surface area contributed by atoms with Crippen LogP contribution < -0.4 is 5.32 Å². The van der Waals surface area contributed by atoms with Crippen LogP contribution in [-0.4, -0.2) is 41.0 Å². The molecule has 0 spiro atoms. The first-order valence-corrected chi connectivity index (χ1v) is 12.4. The number of rotatable bonds is 5. The summed E-state index contributed by atoms with van der Waals surface area (Å²) in [7, 11) is 2.31. The zero-order chi connectivity index (χ0) is 21.4. The molecule has 1 aliphatic carbocycles. The fraction of sp³-hybridized carbons (Fsp3) is 0.440. The Balaban J connectivity index is 1.38. The average molecular weight is 500 g/mol. The predicted octanol–water partition coefficient (Wildman–Crippen LogP) is 6.64. The minimum absolute atomic E-state index is 0.690. The number of benzene rings is 2. The summed E-state index contributed by atoms with van der Waals surface area (Å²) in [6.45, 7) is 2.15. The van der Waals surface area contributed by atoms with E-state index in [1.54, 1.807) is 0 Å². The number of nitrogens with zero attached hydrogens (tertiary/aromatic N) is 3. The molecule has 2 aliphatic rings. The first-order chi connectivity index (χ1) is 15.1. The van der Waals surface area contributed by atoms with Gasteiger partial charge in [-0.15, -0.1) is 0 Å². The van der Waals surface area contributed by atoms with Crippen LogP contribution in [0.3, 0.4) is 0 Å². The molecular formula is C25H28BrClN4. The van der Waals surface area contributed by atoms with Gasteiger partial charge in [0.05, 0.1) is 5.52 Å². The predicted molar refractivity (Wildman–Crippen MR) is 133 cm³/mol. The Morgan fingerprint density at radius 1 is 1.13 bits per heavy atom. The topological polar surface area (TPSA) is 41.0 Å². The highest BCUT2D eigenvalue weighted by molar-refractivity contribution is 9.10. The van der Waals surface area contributed by atoms with Crippen LogP contribution in [0.4, 0.5) is 5.82 Å². The summed E-state index contributed by atoms with van der Waals surface area (Å²) in [5.41, 5.74) is 1.86. The second-order valence-electron chi connectivity index (χ2n) is 9.00. The molecule has 3 atom stereocenters. The molecule has 1 saturated carbocycles. The molecule has 3 aromatic rings. The molecule has 1 N–H and O–H groups in total. The molecule has 2 heterocycles. The number of hydrogen-bond donors (Lipinski definition) is 1. The van der Waals surface area contributed by atoms with Gasteiger partial charge >= 0.3 is 0 Å². The van der Waals surface area contributed by atoms with Crippen molar-refractivity contribution >= 4 is 44.3 Å². The number of fused-ring (bicyclic) bond motifs is 2. The van der Waals surface area contributed by atoms with Gasteiger partial charge < -0.3 is 10.2 Å². The van der Waals surface area contributed by atoms with Crippen LogP contribution in [0, 0.1) is 11.8 Å². The molecule has 162 valence electrons. The van der Waals surface area contributed by atoms with E-state index in [1.165, 1.54) is 38.6 Å². The Kier molecular flexibility index (Phi) is 6.18. The van der Waals surface area contributed by atoms with Gasteiger partial charge in [-0.3, -0.25) is 0 Å². The molecule has 3 unspecified atom stereocenters. The van der Waals surface area contributed by atoms with Crippen molar-refractivity contribution < 1.29 is 0 Å². The zero-order valence-corrected chi connectivity index (χ0v) is 20.2. The zero-order valence-electron chi connectivity index (χ0n) is 17.8. The van der Waals surface area contributed by atoms with Crippen LogP contribution >= 0.6 is 27.5 Å². The van der Waals surface area contributed by atoms with Crippen molar-refractivity contribution in [2.45, 2.75) is 38.1 Å². The number of nitrogens with one attached hydrogen (secondary N) is 1. The third-order valence-corrected chi connectivity index (χ3v) is 7.75. The number of hydrogen-bond acceptors (Lipinski definition) is 4. The number of halogens is 2. The normalized spacial score (nSPS) is 23.8. The molecule has 2 fully saturated rings. The monoisotopic (exact) mass is 498 g/mol. The maximum atomic E-state index is 6.27. The van der Waals surface area contributed by atoms with Crippen molar-refractivity contribution in [2.24, 2.45) is 11.8 Å². The third kappa shape index (κ3) is 4.46. The van der Waals surface area contributed by atoms with Crippen molar-refractivity contribution in [3.05, 3.63) is 52.0 Å². The van der Waals surface area contributed by atoms with Crippen LogP contribution in [0.1, 0.15) is 32.1 Å². The van der Waals surface area contributed by atoms with Gasteiger partial charge in [0.2, 0.25) is 0 Å². The SMILES string of the molecule is CN1CC(CCNc2nc(-c3cccc(Br)c3)nc3cc(Cl)ccc23)C2CCCCC21. The molecule has 1 aromatic heterocycles. The van der Waals surface area contributed by atoms with Crippen molar-refractivity contribution in [1.82, 2.24) is 14.9 Å². The van der Waals surface area contributed by atoms with E-state index < -0.39 is 0 Å². The van der Waals surface area contributed by atoms with Gasteiger partial charge in [0.1, 0.15) is 5.82 Å². The first-order valence-electron chi connectivity index (χ1n) is 11.3. The van der Waals surface area contributed by atoms with Crippen LogP contribution in [0.5, 0.6) is 0 Å². The van der Waals surface area contributed by atoms with E-state index in [-0.39, 0.29) is 0 Å². The van der Waals surface area contributed by atoms with Crippen molar-refractivity contribution in [3.63, 3.8) is 0 Å². The van der Waals surface area contributed by atoms with Gasteiger partial charge in [-0.05, 0) is 68.5 Å². The second kappa shape index (κ2) is 9.05. The Morgan fingerprint density at radius 3 is 2.87 bits per heavy atom. The van der Waals surface area contributed by atoms with Crippen molar-refractivity contribution in [3.8, 4) is 11.4 Å². The lowest BCUT2D eigenvalue weighted by atomic mass is 9.78. The van der Waals surface area contributed by atoms with E-state index in [1.807, 2.05) is 42.5 Å². The van der Waals surface area contributed by atoms with E-state index in [9.17, 15) is 0 Å². The van der Waals surface area contributed by atoms with Crippen molar-refractivity contribution in [2.75, 3.05) is 25.5 Å². The molecule has 6 heteroatoms. The van der Waals surface area contributed by atoms with Crippen LogP contribution in [-0.2, 0) is 0 Å². The summed E-state index contributed by atoms with van der Waals surface area (Å²) in [4.78, 5) is 12.3. The standard InChI is InChI=1S/C25H28BrClN4/c1-31-15-17(20-7-2-3-8-23(20)31)11-12-28-25-21-10-9-19(27)14-22(21)29-24(30-25)16-5-4-6-18(26)13-16/h4-6,9-10,13-14,17,20,23H,2-3,7-8,11-12,15H2,1H3,(H,28,29,30). The van der Waals surface area contributed by atoms with Crippen molar-refractivity contribution in [1.29, 1.82) is 0 Å². The molecule has 2 aromatic carbocycles. The van der Waals surface area contributed by atoms with Gasteiger partial charge in [0, 0.05) is 39.6 Å². The van der Waals surface area contributed by atoms with E-state index in [2.05, 4.69) is 33.2 Å². The minimum Gasteiger partial charge on any atom is -0.369 e. The van der Waals surface area contributed by atoms with Gasteiger partial charge in [0.15, 0.2) is 5.82 Å².